The number of methoxy groups -OCH3 is 1. The largest absolute Gasteiger partial charge is 0.482 e. The molecule has 0 spiro atoms. The predicted molar refractivity (Wildman–Crippen MR) is 120 cm³/mol. The molecular weight excluding hydrogens is 390 g/mol. The van der Waals surface area contributed by atoms with Gasteiger partial charge in [0.25, 0.3) is 0 Å². The van der Waals surface area contributed by atoms with Crippen molar-refractivity contribution in [2.45, 2.75) is 0 Å². The zero-order valence-corrected chi connectivity index (χ0v) is 17.0. The molecule has 31 heavy (non-hydrogen) atoms. The number of benzene rings is 3. The number of hydrogen-bond acceptors (Lipinski definition) is 5. The first-order valence-corrected chi connectivity index (χ1v) is 9.82. The minimum absolute atomic E-state index is 0.135. The summed E-state index contributed by atoms with van der Waals surface area (Å²) in [6.45, 7) is -0.135. The average molecular weight is 411 g/mol. The van der Waals surface area contributed by atoms with Crippen LogP contribution in [0.1, 0.15) is 11.5 Å². The summed E-state index contributed by atoms with van der Waals surface area (Å²) in [5.41, 5.74) is 3.64. The van der Waals surface area contributed by atoms with Gasteiger partial charge in [0.15, 0.2) is 12.4 Å². The van der Waals surface area contributed by atoms with Gasteiger partial charge in [0.05, 0.1) is 7.11 Å². The molecular formula is C26H21NO4. The molecule has 0 aliphatic rings. The normalized spacial score (nSPS) is 10.9. The van der Waals surface area contributed by atoms with E-state index in [9.17, 15) is 4.79 Å². The Morgan fingerprint density at radius 1 is 0.903 bits per heavy atom. The zero-order chi connectivity index (χ0) is 21.5. The number of aromatic nitrogens is 1. The molecule has 5 nitrogen and oxygen atoms in total. The van der Waals surface area contributed by atoms with Crippen LogP contribution in [0.25, 0.3) is 34.7 Å². The summed E-state index contributed by atoms with van der Waals surface area (Å²) < 4.78 is 16.1. The van der Waals surface area contributed by atoms with Gasteiger partial charge in [-0.2, -0.15) is 0 Å². The molecule has 1 heterocycles. The molecule has 0 radical (unpaired) electrons. The number of nitrogens with zero attached hydrogens (tertiary/aromatic N) is 1. The first kappa shape index (κ1) is 20.2. The number of ether oxygens (including phenoxy) is 2. The summed E-state index contributed by atoms with van der Waals surface area (Å²) in [4.78, 5) is 16.0. The number of carbonyl (C=O) groups excluding carboxylic acids is 1. The van der Waals surface area contributed by atoms with Crippen molar-refractivity contribution in [2.24, 2.45) is 0 Å². The van der Waals surface area contributed by atoms with Crippen molar-refractivity contribution in [3.63, 3.8) is 0 Å². The molecule has 0 bridgehead atoms. The SMILES string of the molecule is COC(=O)COc1cccc(C=Cc2nc(-c3ccccc3)c(-c3ccccc3)o2)c1. The number of hydrogen-bond donors (Lipinski definition) is 0. The van der Waals surface area contributed by atoms with E-state index >= 15 is 0 Å². The molecule has 5 heteroatoms. The van der Waals surface area contributed by atoms with Crippen molar-refractivity contribution < 1.29 is 18.7 Å². The third-order valence-electron chi connectivity index (χ3n) is 4.59. The van der Waals surface area contributed by atoms with Gasteiger partial charge in [-0.3, -0.25) is 0 Å². The second-order valence-electron chi connectivity index (χ2n) is 6.73. The maximum Gasteiger partial charge on any atom is 0.343 e. The fraction of sp³-hybridized carbons (Fsp3) is 0.0769. The summed E-state index contributed by atoms with van der Waals surface area (Å²) in [5.74, 6) is 1.37. The summed E-state index contributed by atoms with van der Waals surface area (Å²) in [6.07, 6.45) is 3.71. The highest BCUT2D eigenvalue weighted by Crippen LogP contribution is 2.33. The van der Waals surface area contributed by atoms with Gasteiger partial charge in [0, 0.05) is 17.2 Å². The smallest absolute Gasteiger partial charge is 0.343 e. The lowest BCUT2D eigenvalue weighted by Crippen LogP contribution is -2.12. The molecule has 1 aromatic heterocycles. The van der Waals surface area contributed by atoms with Crippen LogP contribution in [0.15, 0.2) is 89.3 Å². The van der Waals surface area contributed by atoms with Crippen molar-refractivity contribution >= 4 is 18.1 Å². The number of rotatable bonds is 7. The minimum atomic E-state index is -0.428. The first-order valence-electron chi connectivity index (χ1n) is 9.82. The highest BCUT2D eigenvalue weighted by Gasteiger charge is 2.15. The Kier molecular flexibility index (Phi) is 6.24. The van der Waals surface area contributed by atoms with Gasteiger partial charge in [-0.25, -0.2) is 9.78 Å². The van der Waals surface area contributed by atoms with E-state index in [1.165, 1.54) is 7.11 Å². The van der Waals surface area contributed by atoms with E-state index in [1.54, 1.807) is 6.07 Å². The van der Waals surface area contributed by atoms with Crippen LogP contribution in [0.5, 0.6) is 5.75 Å². The van der Waals surface area contributed by atoms with Gasteiger partial charge >= 0.3 is 5.97 Å². The van der Waals surface area contributed by atoms with Crippen LogP contribution in [0.4, 0.5) is 0 Å². The molecule has 0 N–H and O–H groups in total. The molecule has 0 saturated carbocycles. The van der Waals surface area contributed by atoms with E-state index in [-0.39, 0.29) is 6.61 Å². The Labute approximate surface area is 180 Å². The van der Waals surface area contributed by atoms with Crippen LogP contribution in [-0.4, -0.2) is 24.7 Å². The van der Waals surface area contributed by atoms with Crippen molar-refractivity contribution in [1.29, 1.82) is 0 Å². The zero-order valence-electron chi connectivity index (χ0n) is 17.0. The lowest BCUT2D eigenvalue weighted by atomic mass is 10.1. The highest BCUT2D eigenvalue weighted by molar-refractivity contribution is 5.78. The molecule has 4 rings (SSSR count). The Hall–Kier alpha value is -4.12. The Morgan fingerprint density at radius 2 is 1.61 bits per heavy atom. The molecule has 0 amide bonds. The van der Waals surface area contributed by atoms with Crippen molar-refractivity contribution in [2.75, 3.05) is 13.7 Å². The van der Waals surface area contributed by atoms with Crippen molar-refractivity contribution in [3.05, 3.63) is 96.4 Å². The van der Waals surface area contributed by atoms with E-state index in [0.29, 0.717) is 11.6 Å². The molecule has 4 aromatic rings. The lowest BCUT2D eigenvalue weighted by molar-refractivity contribution is -0.142. The van der Waals surface area contributed by atoms with E-state index < -0.39 is 5.97 Å². The molecule has 0 aliphatic carbocycles. The van der Waals surface area contributed by atoms with Gasteiger partial charge in [-0.15, -0.1) is 0 Å². The molecule has 0 saturated heterocycles. The van der Waals surface area contributed by atoms with Gasteiger partial charge in [0.1, 0.15) is 11.4 Å². The van der Waals surface area contributed by atoms with Crippen LogP contribution in [0.2, 0.25) is 0 Å². The first-order chi connectivity index (χ1) is 15.2. The number of esters is 1. The van der Waals surface area contributed by atoms with E-state index in [0.717, 1.165) is 28.1 Å². The fourth-order valence-electron chi connectivity index (χ4n) is 3.06. The Bertz CT molecular complexity index is 1120. The molecule has 0 fully saturated rings. The summed E-state index contributed by atoms with van der Waals surface area (Å²) >= 11 is 0. The molecule has 0 aliphatic heterocycles. The van der Waals surface area contributed by atoms with Crippen molar-refractivity contribution in [1.82, 2.24) is 4.98 Å². The van der Waals surface area contributed by atoms with Crippen LogP contribution in [0.3, 0.4) is 0 Å². The van der Waals surface area contributed by atoms with E-state index in [1.807, 2.05) is 91.0 Å². The van der Waals surface area contributed by atoms with E-state index in [2.05, 4.69) is 4.74 Å². The van der Waals surface area contributed by atoms with Gasteiger partial charge in [-0.1, -0.05) is 72.8 Å². The van der Waals surface area contributed by atoms with Crippen LogP contribution in [0, 0.1) is 0 Å². The lowest BCUT2D eigenvalue weighted by Gasteiger charge is -2.05. The third-order valence-corrected chi connectivity index (χ3v) is 4.59. The molecule has 154 valence electrons. The topological polar surface area (TPSA) is 61.6 Å². The summed E-state index contributed by atoms with van der Waals surface area (Å²) in [6, 6.07) is 27.3. The Balaban J connectivity index is 1.61. The quantitative estimate of drug-likeness (QED) is 0.363. The summed E-state index contributed by atoms with van der Waals surface area (Å²) in [5, 5.41) is 0. The second-order valence-corrected chi connectivity index (χ2v) is 6.73. The predicted octanol–water partition coefficient (Wildman–Crippen LogP) is 5.73. The minimum Gasteiger partial charge on any atom is -0.482 e. The maximum absolute atomic E-state index is 11.3. The number of carbonyl (C=O) groups is 1. The fourth-order valence-corrected chi connectivity index (χ4v) is 3.06. The van der Waals surface area contributed by atoms with Crippen LogP contribution < -0.4 is 4.74 Å². The maximum atomic E-state index is 11.3. The highest BCUT2D eigenvalue weighted by atomic mass is 16.6. The monoisotopic (exact) mass is 411 g/mol. The molecule has 0 atom stereocenters. The summed E-state index contributed by atoms with van der Waals surface area (Å²) in [7, 11) is 1.33. The second kappa shape index (κ2) is 9.59. The Morgan fingerprint density at radius 3 is 2.32 bits per heavy atom. The van der Waals surface area contributed by atoms with Crippen molar-refractivity contribution in [3.8, 4) is 28.3 Å². The standard InChI is InChI=1S/C26H21NO4/c1-29-24(28)18-30-22-14-8-9-19(17-22)15-16-23-27-25(20-10-4-2-5-11-20)26(31-23)21-12-6-3-7-13-21/h2-17H,18H2,1H3. The van der Waals surface area contributed by atoms with E-state index in [4.69, 9.17) is 14.1 Å². The molecule has 0 unspecified atom stereocenters. The van der Waals surface area contributed by atoms with Crippen LogP contribution in [-0.2, 0) is 9.53 Å². The van der Waals surface area contributed by atoms with Gasteiger partial charge in [-0.05, 0) is 23.8 Å². The third kappa shape index (κ3) is 5.08. The van der Waals surface area contributed by atoms with Crippen LogP contribution >= 0.6 is 0 Å². The molecule has 3 aromatic carbocycles. The van der Waals surface area contributed by atoms with Gasteiger partial charge in [0.2, 0.25) is 5.89 Å². The average Bonchev–Trinajstić information content (AvgIpc) is 3.27. The van der Waals surface area contributed by atoms with Gasteiger partial charge < -0.3 is 13.9 Å². The number of oxazole rings is 1.